The third-order valence-electron chi connectivity index (χ3n) is 14.7. The van der Waals surface area contributed by atoms with Crippen LogP contribution >= 0.6 is 0 Å². The van der Waals surface area contributed by atoms with Crippen LogP contribution in [0.2, 0.25) is 0 Å². The van der Waals surface area contributed by atoms with E-state index in [4.69, 9.17) is 24.4 Å². The SMILES string of the molecule is COC(=O)NC(C(=O)N1CCCC1C1=Nc2ccc(-c3cnc(-c4ccc(-c5cnc(C6CCCN6C(=O)C(NC(=O)OC)C(C)C)[nH]5)cc4)c4c3CCC43CCCC3)cc2S(=O)(=O)N1)C(C)C. The molecular formula is C50H61N9O8S. The summed E-state index contributed by atoms with van der Waals surface area (Å²) >= 11 is 0. The molecule has 3 fully saturated rings. The first-order chi connectivity index (χ1) is 32.6. The second-order valence-corrected chi connectivity index (χ2v) is 21.2. The Morgan fingerprint density at radius 1 is 0.750 bits per heavy atom. The molecule has 3 aliphatic heterocycles. The van der Waals surface area contributed by atoms with Crippen LogP contribution in [0.4, 0.5) is 15.3 Å². The standard InChI is InChI=1S/C50H61N9O8S/c1-28(2)41(55-48(62)66-5)46(60)58-23-9-11-37(58)44-52-27-36(54-44)30-13-15-31(16-14-30)43-40-33(19-22-50(40)20-7-8-21-50)34(26-51-43)32-17-18-35-39(25-32)68(64,65)57-45(53-35)38-12-10-24-59(38)47(61)42(29(3)4)56-49(63)67-6/h13-18,25-29,37-38,41-42H,7-12,19-24H2,1-6H3,(H,52,54)(H,53,57)(H,55,62)(H,56,63). The van der Waals surface area contributed by atoms with Crippen LogP contribution in [0.15, 0.2) is 64.7 Å². The van der Waals surface area contributed by atoms with E-state index in [1.807, 2.05) is 40.0 Å². The fourth-order valence-corrected chi connectivity index (χ4v) is 12.4. The van der Waals surface area contributed by atoms with Crippen LogP contribution in [-0.2, 0) is 40.9 Å². The highest BCUT2D eigenvalue weighted by Crippen LogP contribution is 2.55. The predicted octanol–water partition coefficient (Wildman–Crippen LogP) is 7.30. The molecule has 2 aliphatic carbocycles. The number of ether oxygens (including phenoxy) is 2. The maximum absolute atomic E-state index is 14.1. The van der Waals surface area contributed by atoms with Crippen LogP contribution in [0, 0.1) is 11.8 Å². The highest BCUT2D eigenvalue weighted by molar-refractivity contribution is 7.90. The number of nitrogens with zero attached hydrogens (tertiary/aromatic N) is 5. The van der Waals surface area contributed by atoms with Crippen molar-refractivity contribution in [1.29, 1.82) is 0 Å². The Morgan fingerprint density at radius 2 is 1.34 bits per heavy atom. The first-order valence-corrected chi connectivity index (χ1v) is 25.3. The average Bonchev–Trinajstić information content (AvgIpc) is 4.20. The number of benzene rings is 2. The molecule has 18 heteroatoms. The number of amides is 4. The maximum atomic E-state index is 14.1. The van der Waals surface area contributed by atoms with Crippen molar-refractivity contribution in [3.05, 3.63) is 71.8 Å². The molecule has 1 saturated carbocycles. The molecule has 4 unspecified atom stereocenters. The highest BCUT2D eigenvalue weighted by atomic mass is 32.2. The molecule has 4 aromatic rings. The zero-order chi connectivity index (χ0) is 48.1. The molecule has 360 valence electrons. The number of likely N-dealkylation sites (tertiary alicyclic amines) is 2. The molecule has 17 nitrogen and oxygen atoms in total. The van der Waals surface area contributed by atoms with Gasteiger partial charge in [0.1, 0.15) is 28.6 Å². The van der Waals surface area contributed by atoms with E-state index < -0.39 is 40.3 Å². The number of sulfonamides is 1. The number of aliphatic imine (C=N–C) groups is 1. The lowest BCUT2D eigenvalue weighted by atomic mass is 9.78. The van der Waals surface area contributed by atoms with Crippen LogP contribution in [0.3, 0.4) is 0 Å². The van der Waals surface area contributed by atoms with Crippen molar-refractivity contribution in [1.82, 2.24) is 40.1 Å². The summed E-state index contributed by atoms with van der Waals surface area (Å²) < 4.78 is 40.5. The number of alkyl carbamates (subject to hydrolysis) is 2. The summed E-state index contributed by atoms with van der Waals surface area (Å²) in [4.78, 5) is 73.4. The summed E-state index contributed by atoms with van der Waals surface area (Å²) in [6.45, 7) is 8.42. The number of carbonyl (C=O) groups excluding carboxylic acids is 4. The van der Waals surface area contributed by atoms with Crippen LogP contribution in [-0.4, -0.2) is 108 Å². The van der Waals surface area contributed by atoms with Gasteiger partial charge in [0.15, 0.2) is 0 Å². The first kappa shape index (κ1) is 46.8. The Bertz CT molecular complexity index is 2760. The highest BCUT2D eigenvalue weighted by Gasteiger charge is 2.45. The predicted molar refractivity (Wildman–Crippen MR) is 255 cm³/mol. The second-order valence-electron chi connectivity index (χ2n) is 19.5. The number of methoxy groups -OCH3 is 2. The van der Waals surface area contributed by atoms with Crippen molar-refractivity contribution < 1.29 is 37.1 Å². The Labute approximate surface area is 397 Å². The summed E-state index contributed by atoms with van der Waals surface area (Å²) in [6.07, 6.45) is 11.4. The summed E-state index contributed by atoms with van der Waals surface area (Å²) in [7, 11) is -1.55. The van der Waals surface area contributed by atoms with Crippen molar-refractivity contribution in [2.75, 3.05) is 27.3 Å². The molecule has 2 aromatic heterocycles. The Kier molecular flexibility index (Phi) is 12.8. The van der Waals surface area contributed by atoms with E-state index in [9.17, 15) is 27.6 Å². The molecule has 0 radical (unpaired) electrons. The molecule has 5 heterocycles. The summed E-state index contributed by atoms with van der Waals surface area (Å²) in [5.41, 5.74) is 8.10. The summed E-state index contributed by atoms with van der Waals surface area (Å²) in [5, 5.41) is 5.34. The van der Waals surface area contributed by atoms with Gasteiger partial charge in [0, 0.05) is 30.4 Å². The lowest BCUT2D eigenvalue weighted by molar-refractivity contribution is -0.135. The minimum Gasteiger partial charge on any atom is -0.453 e. The van der Waals surface area contributed by atoms with Crippen LogP contribution in [0.1, 0.15) is 108 Å². The van der Waals surface area contributed by atoms with Gasteiger partial charge in [-0.3, -0.25) is 19.3 Å². The van der Waals surface area contributed by atoms with Crippen molar-refractivity contribution in [3.8, 4) is 33.6 Å². The third kappa shape index (κ3) is 8.60. The number of hydrogen-bond acceptors (Lipinski definition) is 11. The second kappa shape index (κ2) is 18.7. The van der Waals surface area contributed by atoms with Gasteiger partial charge in [0.25, 0.3) is 10.0 Å². The maximum Gasteiger partial charge on any atom is 0.407 e. The number of aromatic amines is 1. The average molecular weight is 948 g/mol. The van der Waals surface area contributed by atoms with Gasteiger partial charge in [0.05, 0.1) is 49.6 Å². The number of aromatic nitrogens is 3. The van der Waals surface area contributed by atoms with Crippen LogP contribution in [0.25, 0.3) is 33.6 Å². The number of carbonyl (C=O) groups is 4. The van der Waals surface area contributed by atoms with E-state index in [1.54, 1.807) is 28.1 Å². The molecule has 68 heavy (non-hydrogen) atoms. The molecule has 2 saturated heterocycles. The fraction of sp³-hybridized carbons (Fsp3) is 0.500. The smallest absolute Gasteiger partial charge is 0.407 e. The minimum absolute atomic E-state index is 0.0112. The molecule has 5 aliphatic rings. The van der Waals surface area contributed by atoms with Gasteiger partial charge >= 0.3 is 12.2 Å². The molecule has 4 atom stereocenters. The quantitative estimate of drug-likeness (QED) is 0.118. The molecule has 4 amide bonds. The minimum atomic E-state index is -4.08. The number of imidazole rings is 1. The first-order valence-electron chi connectivity index (χ1n) is 23.9. The number of pyridine rings is 1. The molecule has 4 N–H and O–H groups in total. The normalized spacial score (nSPS) is 21.0. The molecule has 9 rings (SSSR count). The Morgan fingerprint density at radius 3 is 1.96 bits per heavy atom. The van der Waals surface area contributed by atoms with Gasteiger partial charge in [-0.15, -0.1) is 0 Å². The summed E-state index contributed by atoms with van der Waals surface area (Å²) in [5.74, 6) is 0.0404. The topological polar surface area (TPSA) is 217 Å². The van der Waals surface area contributed by atoms with Crippen LogP contribution in [0.5, 0.6) is 0 Å². The fourth-order valence-electron chi connectivity index (χ4n) is 11.2. The van der Waals surface area contributed by atoms with Gasteiger partial charge in [-0.2, -0.15) is 0 Å². The molecular weight excluding hydrogens is 887 g/mol. The largest absolute Gasteiger partial charge is 0.453 e. The Balaban J connectivity index is 0.983. The van der Waals surface area contributed by atoms with Gasteiger partial charge in [-0.1, -0.05) is 70.9 Å². The lowest BCUT2D eigenvalue weighted by Crippen LogP contribution is -2.56. The van der Waals surface area contributed by atoms with Crippen molar-refractivity contribution >= 4 is 45.5 Å². The molecule has 2 aromatic carbocycles. The number of nitrogens with one attached hydrogen (secondary N) is 4. The lowest BCUT2D eigenvalue weighted by Gasteiger charge is -2.32. The summed E-state index contributed by atoms with van der Waals surface area (Å²) in [6, 6.07) is 11.3. The van der Waals surface area contributed by atoms with Crippen LogP contribution < -0.4 is 15.4 Å². The zero-order valence-corrected chi connectivity index (χ0v) is 40.4. The van der Waals surface area contributed by atoms with Gasteiger partial charge in [-0.25, -0.2) is 28.0 Å². The number of hydrogen-bond donors (Lipinski definition) is 4. The van der Waals surface area contributed by atoms with Crippen molar-refractivity contribution in [3.63, 3.8) is 0 Å². The van der Waals surface area contributed by atoms with E-state index in [-0.39, 0.29) is 45.8 Å². The monoisotopic (exact) mass is 947 g/mol. The number of amidine groups is 1. The van der Waals surface area contributed by atoms with E-state index in [0.717, 1.165) is 85.0 Å². The Hall–Kier alpha value is -6.30. The zero-order valence-electron chi connectivity index (χ0n) is 39.6. The molecule has 1 spiro atoms. The van der Waals surface area contributed by atoms with Gasteiger partial charge < -0.3 is 34.9 Å². The number of fused-ring (bicyclic) bond motifs is 3. The third-order valence-corrected chi connectivity index (χ3v) is 16.1. The molecule has 0 bridgehead atoms. The van der Waals surface area contributed by atoms with E-state index in [2.05, 4.69) is 44.6 Å². The van der Waals surface area contributed by atoms with Crippen molar-refractivity contribution in [2.24, 2.45) is 16.8 Å². The van der Waals surface area contributed by atoms with E-state index in [0.29, 0.717) is 37.4 Å². The van der Waals surface area contributed by atoms with Gasteiger partial charge in [-0.05, 0) is 103 Å². The van der Waals surface area contributed by atoms with E-state index >= 15 is 0 Å². The number of H-pyrrole nitrogens is 1. The van der Waals surface area contributed by atoms with Crippen molar-refractivity contribution in [2.45, 2.75) is 126 Å². The number of rotatable bonds is 11. The van der Waals surface area contributed by atoms with E-state index in [1.165, 1.54) is 25.3 Å². The van der Waals surface area contributed by atoms with Gasteiger partial charge in [0.2, 0.25) is 11.8 Å².